The lowest BCUT2D eigenvalue weighted by Crippen LogP contribution is -2.55. The van der Waals surface area contributed by atoms with Crippen molar-refractivity contribution in [3.63, 3.8) is 0 Å². The zero-order chi connectivity index (χ0) is 28.5. The van der Waals surface area contributed by atoms with E-state index in [-0.39, 0.29) is 18.5 Å². The first-order valence-electron chi connectivity index (χ1n) is 13.8. The molecule has 1 aromatic rings. The third-order valence-electron chi connectivity index (χ3n) is 6.66. The minimum absolute atomic E-state index is 0.0499. The summed E-state index contributed by atoms with van der Waals surface area (Å²) in [5.41, 5.74) is 7.31. The topological polar surface area (TPSA) is 131 Å². The van der Waals surface area contributed by atoms with Crippen molar-refractivity contribution in [1.82, 2.24) is 15.5 Å². The summed E-state index contributed by atoms with van der Waals surface area (Å²) in [4.78, 5) is 53.9. The molecule has 0 aliphatic heterocycles. The number of rotatable bonds is 11. The van der Waals surface area contributed by atoms with Crippen LogP contribution in [-0.4, -0.2) is 52.9 Å². The summed E-state index contributed by atoms with van der Waals surface area (Å²) in [5, 5.41) is 5.71. The Morgan fingerprint density at radius 1 is 1.11 bits per heavy atom. The Morgan fingerprint density at radius 2 is 1.76 bits per heavy atom. The van der Waals surface area contributed by atoms with Crippen LogP contribution in [0.3, 0.4) is 0 Å². The van der Waals surface area contributed by atoms with Gasteiger partial charge in [-0.3, -0.25) is 14.4 Å². The van der Waals surface area contributed by atoms with E-state index in [1.54, 1.807) is 20.8 Å². The summed E-state index contributed by atoms with van der Waals surface area (Å²) in [6.07, 6.45) is 5.24. The predicted molar refractivity (Wildman–Crippen MR) is 147 cm³/mol. The molecule has 2 atom stereocenters. The number of nitrogens with zero attached hydrogens (tertiary/aromatic N) is 1. The molecule has 1 aliphatic rings. The van der Waals surface area contributed by atoms with E-state index in [2.05, 4.69) is 10.6 Å². The maximum atomic E-state index is 14.0. The molecule has 0 bridgehead atoms. The minimum atomic E-state index is -1.27. The van der Waals surface area contributed by atoms with Crippen LogP contribution in [0.5, 0.6) is 0 Å². The number of primary amides is 1. The molecule has 212 valence electrons. The zero-order valence-corrected chi connectivity index (χ0v) is 23.9. The number of nitrogens with one attached hydrogen (secondary N) is 2. The molecule has 9 nitrogen and oxygen atoms in total. The standard InChI is InChI=1S/C29H46N4O5/c1-7-8-16-33(27(36)23(18-24(30)34)32-28(37)38-29(4,5)6)25(22-15-14-19(2)17-20(22)3)26(35)31-21-12-10-9-11-13-21/h14-15,17,21,23,25H,7-13,16,18H2,1-6H3,(H2,30,34)(H,31,35)(H,32,37). The van der Waals surface area contributed by atoms with Crippen LogP contribution in [0.2, 0.25) is 0 Å². The van der Waals surface area contributed by atoms with Crippen molar-refractivity contribution in [3.05, 3.63) is 34.9 Å². The van der Waals surface area contributed by atoms with E-state index in [4.69, 9.17) is 10.5 Å². The van der Waals surface area contributed by atoms with Gasteiger partial charge < -0.3 is 26.0 Å². The van der Waals surface area contributed by atoms with Crippen LogP contribution in [0.1, 0.15) is 102 Å². The second-order valence-corrected chi connectivity index (χ2v) is 11.4. The van der Waals surface area contributed by atoms with Crippen LogP contribution in [-0.2, 0) is 19.1 Å². The average Bonchev–Trinajstić information content (AvgIpc) is 2.81. The third-order valence-corrected chi connectivity index (χ3v) is 6.66. The first-order chi connectivity index (χ1) is 17.8. The van der Waals surface area contributed by atoms with Gasteiger partial charge in [0.2, 0.25) is 17.7 Å². The number of amides is 4. The number of aryl methyl sites for hydroxylation is 2. The van der Waals surface area contributed by atoms with Crippen molar-refractivity contribution in [3.8, 4) is 0 Å². The average molecular weight is 531 g/mol. The number of nitrogens with two attached hydrogens (primary N) is 1. The van der Waals surface area contributed by atoms with Crippen molar-refractivity contribution in [2.45, 2.75) is 117 Å². The zero-order valence-electron chi connectivity index (χ0n) is 23.9. The monoisotopic (exact) mass is 530 g/mol. The largest absolute Gasteiger partial charge is 0.444 e. The molecule has 38 heavy (non-hydrogen) atoms. The lowest BCUT2D eigenvalue weighted by atomic mass is 9.93. The van der Waals surface area contributed by atoms with Crippen molar-refractivity contribution in [1.29, 1.82) is 0 Å². The molecular formula is C29H46N4O5. The van der Waals surface area contributed by atoms with Gasteiger partial charge >= 0.3 is 6.09 Å². The molecule has 0 spiro atoms. The number of benzene rings is 1. The Bertz CT molecular complexity index is 982. The minimum Gasteiger partial charge on any atom is -0.444 e. The molecule has 1 aromatic carbocycles. The number of hydrogen-bond donors (Lipinski definition) is 3. The number of carbonyl (C=O) groups excluding carboxylic acids is 4. The Morgan fingerprint density at radius 3 is 2.32 bits per heavy atom. The maximum absolute atomic E-state index is 14.0. The Hall–Kier alpha value is -3.10. The summed E-state index contributed by atoms with van der Waals surface area (Å²) < 4.78 is 5.33. The number of carbonyl (C=O) groups is 4. The Balaban J connectivity index is 2.50. The molecule has 1 aliphatic carbocycles. The van der Waals surface area contributed by atoms with Crippen LogP contribution < -0.4 is 16.4 Å². The lowest BCUT2D eigenvalue weighted by Gasteiger charge is -2.36. The van der Waals surface area contributed by atoms with Crippen molar-refractivity contribution in [2.24, 2.45) is 5.73 Å². The van der Waals surface area contributed by atoms with Gasteiger partial charge in [-0.05, 0) is 65.0 Å². The van der Waals surface area contributed by atoms with Gasteiger partial charge in [0.05, 0.1) is 6.42 Å². The van der Waals surface area contributed by atoms with E-state index < -0.39 is 42.0 Å². The van der Waals surface area contributed by atoms with E-state index in [0.717, 1.165) is 49.7 Å². The normalized spacial score (nSPS) is 15.7. The van der Waals surface area contributed by atoms with Gasteiger partial charge in [0, 0.05) is 12.6 Å². The van der Waals surface area contributed by atoms with Gasteiger partial charge in [0.1, 0.15) is 17.7 Å². The Labute approximate surface area is 227 Å². The first kappa shape index (κ1) is 31.1. The van der Waals surface area contributed by atoms with Crippen molar-refractivity contribution in [2.75, 3.05) is 6.54 Å². The molecule has 0 heterocycles. The SMILES string of the molecule is CCCCN(C(=O)C(CC(N)=O)NC(=O)OC(C)(C)C)C(C(=O)NC1CCCCC1)c1ccc(C)cc1C. The number of unbranched alkanes of at least 4 members (excludes halogenated alkanes) is 1. The maximum Gasteiger partial charge on any atom is 0.408 e. The van der Waals surface area contributed by atoms with Crippen LogP contribution >= 0.6 is 0 Å². The molecule has 9 heteroatoms. The van der Waals surface area contributed by atoms with Gasteiger partial charge in [-0.25, -0.2) is 4.79 Å². The predicted octanol–water partition coefficient (Wildman–Crippen LogP) is 4.19. The van der Waals surface area contributed by atoms with Crippen LogP contribution in [0, 0.1) is 13.8 Å². The van der Waals surface area contributed by atoms with E-state index >= 15 is 0 Å². The summed E-state index contributed by atoms with van der Waals surface area (Å²) in [6.45, 7) is 11.3. The van der Waals surface area contributed by atoms with Crippen LogP contribution in [0.15, 0.2) is 18.2 Å². The molecule has 1 fully saturated rings. The lowest BCUT2D eigenvalue weighted by molar-refractivity contribution is -0.143. The van der Waals surface area contributed by atoms with Crippen LogP contribution in [0.25, 0.3) is 0 Å². The summed E-state index contributed by atoms with van der Waals surface area (Å²) >= 11 is 0. The molecule has 4 N–H and O–H groups in total. The fourth-order valence-corrected chi connectivity index (χ4v) is 4.86. The summed E-state index contributed by atoms with van der Waals surface area (Å²) in [6, 6.07) is 3.65. The van der Waals surface area contributed by atoms with Gasteiger partial charge in [-0.2, -0.15) is 0 Å². The quantitative estimate of drug-likeness (QED) is 0.395. The highest BCUT2D eigenvalue weighted by Gasteiger charge is 2.38. The van der Waals surface area contributed by atoms with Gasteiger partial charge in [-0.1, -0.05) is 56.4 Å². The van der Waals surface area contributed by atoms with E-state index in [9.17, 15) is 19.2 Å². The molecule has 0 saturated heterocycles. The smallest absolute Gasteiger partial charge is 0.408 e. The van der Waals surface area contributed by atoms with Crippen molar-refractivity contribution >= 4 is 23.8 Å². The van der Waals surface area contributed by atoms with Crippen molar-refractivity contribution < 1.29 is 23.9 Å². The molecule has 4 amide bonds. The molecule has 2 unspecified atom stereocenters. The fraction of sp³-hybridized carbons (Fsp3) is 0.655. The highest BCUT2D eigenvalue weighted by atomic mass is 16.6. The summed E-state index contributed by atoms with van der Waals surface area (Å²) in [7, 11) is 0. The molecule has 1 saturated carbocycles. The molecule has 0 radical (unpaired) electrons. The number of alkyl carbamates (subject to hydrolysis) is 1. The third kappa shape index (κ3) is 9.65. The fourth-order valence-electron chi connectivity index (χ4n) is 4.86. The molecule has 2 rings (SSSR count). The van der Waals surface area contributed by atoms with Crippen LogP contribution in [0.4, 0.5) is 4.79 Å². The van der Waals surface area contributed by atoms with E-state index in [1.165, 1.54) is 4.90 Å². The molecule has 0 aromatic heterocycles. The highest BCUT2D eigenvalue weighted by molar-refractivity contribution is 5.94. The Kier molecular flexibility index (Phi) is 11.6. The second-order valence-electron chi connectivity index (χ2n) is 11.4. The summed E-state index contributed by atoms with van der Waals surface area (Å²) in [5.74, 6) is -1.56. The first-order valence-corrected chi connectivity index (χ1v) is 13.8. The van der Waals surface area contributed by atoms with Gasteiger partial charge in [-0.15, -0.1) is 0 Å². The van der Waals surface area contributed by atoms with E-state index in [1.807, 2.05) is 39.0 Å². The highest BCUT2D eigenvalue weighted by Crippen LogP contribution is 2.28. The van der Waals surface area contributed by atoms with E-state index in [0.29, 0.717) is 12.0 Å². The van der Waals surface area contributed by atoms with Gasteiger partial charge in [0.25, 0.3) is 0 Å². The number of hydrogen-bond acceptors (Lipinski definition) is 5. The number of ether oxygens (including phenoxy) is 1. The molecular weight excluding hydrogens is 484 g/mol. The van der Waals surface area contributed by atoms with Gasteiger partial charge in [0.15, 0.2) is 0 Å². The second kappa shape index (κ2) is 14.2.